The molecule has 0 aliphatic carbocycles. The van der Waals surface area contributed by atoms with Gasteiger partial charge in [0, 0.05) is 0 Å². The summed E-state index contributed by atoms with van der Waals surface area (Å²) in [6.07, 6.45) is 0. The number of carbonyl (C=O) groups excluding carboxylic acids is 2. The number of anilines is 1. The van der Waals surface area contributed by atoms with Crippen molar-refractivity contribution >= 4 is 36.1 Å². The van der Waals surface area contributed by atoms with E-state index < -0.39 is 26.0 Å². The Hall–Kier alpha value is -2.50. The molecule has 3 N–H and O–H groups in total. The zero-order valence-corrected chi connectivity index (χ0v) is 14.0. The van der Waals surface area contributed by atoms with Crippen LogP contribution in [0.15, 0.2) is 48.5 Å². The van der Waals surface area contributed by atoms with Crippen LogP contribution in [0.25, 0.3) is 0 Å². The summed E-state index contributed by atoms with van der Waals surface area (Å²) in [5, 5.41) is 11.9. The van der Waals surface area contributed by atoms with Gasteiger partial charge in [-0.3, -0.25) is 0 Å². The molecule has 0 aliphatic rings. The predicted molar refractivity (Wildman–Crippen MR) is 82.6 cm³/mol. The Labute approximate surface area is 134 Å². The number of benzene rings is 2. The van der Waals surface area contributed by atoms with Gasteiger partial charge in [0.1, 0.15) is 0 Å². The van der Waals surface area contributed by atoms with E-state index in [1.54, 1.807) is 18.2 Å². The first-order chi connectivity index (χ1) is 10.8. The molecule has 2 aromatic rings. The first kappa shape index (κ1) is 16.9. The van der Waals surface area contributed by atoms with Gasteiger partial charge in [-0.1, -0.05) is 0 Å². The number of aromatic hydroxyl groups is 1. The minimum absolute atomic E-state index is 0.0403. The Bertz CT molecular complexity index is 790. The van der Waals surface area contributed by atoms with Gasteiger partial charge in [-0.05, 0) is 0 Å². The van der Waals surface area contributed by atoms with Crippen molar-refractivity contribution in [2.75, 3.05) is 5.32 Å². The molecule has 0 aliphatic heterocycles. The van der Waals surface area contributed by atoms with Gasteiger partial charge in [-0.25, -0.2) is 0 Å². The number of hydrogen-bond acceptors (Lipinski definition) is 5. The van der Waals surface area contributed by atoms with E-state index in [9.17, 15) is 22.5 Å². The van der Waals surface area contributed by atoms with E-state index in [0.717, 1.165) is 12.1 Å². The van der Waals surface area contributed by atoms with Crippen LogP contribution in [-0.2, 0) is 12.3 Å². The first-order valence-corrected chi connectivity index (χ1v) is 9.83. The molecule has 1 unspecified atom stereocenters. The molecule has 23 heavy (non-hydrogen) atoms. The third-order valence-corrected chi connectivity index (χ3v) is 5.65. The molecule has 2 aromatic carbocycles. The SMILES string of the molecule is CC(=O)Nc1cc([As](=O)(O)OC(=O)c2ccccc2)ccc1O. The minimum atomic E-state index is -5.18. The van der Waals surface area contributed by atoms with Crippen molar-refractivity contribution < 1.29 is 26.3 Å². The summed E-state index contributed by atoms with van der Waals surface area (Å²) in [5.74, 6) is -1.66. The van der Waals surface area contributed by atoms with Gasteiger partial charge in [-0.15, -0.1) is 0 Å². The third-order valence-electron chi connectivity index (χ3n) is 2.83. The van der Waals surface area contributed by atoms with Crippen molar-refractivity contribution in [2.45, 2.75) is 6.92 Å². The summed E-state index contributed by atoms with van der Waals surface area (Å²) in [6.45, 7) is 1.23. The van der Waals surface area contributed by atoms with E-state index in [2.05, 4.69) is 5.32 Å². The van der Waals surface area contributed by atoms with Crippen molar-refractivity contribution in [1.82, 2.24) is 0 Å². The average Bonchev–Trinajstić information content (AvgIpc) is 2.49. The van der Waals surface area contributed by atoms with E-state index in [0.29, 0.717) is 0 Å². The van der Waals surface area contributed by atoms with E-state index >= 15 is 0 Å². The second kappa shape index (κ2) is 6.72. The topological polar surface area (TPSA) is 113 Å². The Morgan fingerprint density at radius 1 is 1.13 bits per heavy atom. The van der Waals surface area contributed by atoms with E-state index in [1.807, 2.05) is 0 Å². The quantitative estimate of drug-likeness (QED) is 0.535. The van der Waals surface area contributed by atoms with Crippen molar-refractivity contribution in [2.24, 2.45) is 0 Å². The van der Waals surface area contributed by atoms with Gasteiger partial charge in [0.05, 0.1) is 0 Å². The summed E-state index contributed by atoms with van der Waals surface area (Å²) in [4.78, 5) is 23.0. The molecule has 0 bridgehead atoms. The molecule has 0 saturated heterocycles. The number of hydrogen-bond donors (Lipinski definition) is 3. The standard InChI is InChI=1S/C15H14AsNO6/c1-10(18)17-13-9-12(7-8-14(13)19)16(21,22)23-15(20)11-5-3-2-4-6-11/h2-9,19H,1H3,(H,17,18)(H,21,22). The van der Waals surface area contributed by atoms with E-state index in [4.69, 9.17) is 3.73 Å². The van der Waals surface area contributed by atoms with Crippen LogP contribution in [0.2, 0.25) is 0 Å². The van der Waals surface area contributed by atoms with E-state index in [-0.39, 0.29) is 21.4 Å². The monoisotopic (exact) mass is 379 g/mol. The van der Waals surface area contributed by atoms with Gasteiger partial charge in [0.15, 0.2) is 0 Å². The maximum absolute atomic E-state index is 12.3. The Morgan fingerprint density at radius 3 is 2.39 bits per heavy atom. The molecule has 0 fully saturated rings. The molecule has 0 aromatic heterocycles. The van der Waals surface area contributed by atoms with Crippen molar-refractivity contribution in [3.8, 4) is 5.75 Å². The number of phenolic OH excluding ortho intramolecular Hbond substituents is 1. The fourth-order valence-corrected chi connectivity index (χ4v) is 3.86. The second-order valence-electron chi connectivity index (χ2n) is 4.65. The van der Waals surface area contributed by atoms with Crippen LogP contribution in [-0.4, -0.2) is 35.3 Å². The van der Waals surface area contributed by atoms with Crippen LogP contribution < -0.4 is 9.67 Å². The summed E-state index contributed by atoms with van der Waals surface area (Å²) < 4.78 is 26.9. The van der Waals surface area contributed by atoms with Crippen LogP contribution in [0.5, 0.6) is 5.75 Å². The number of amides is 1. The molecular formula is C15H14AsNO6. The maximum atomic E-state index is 12.3. The summed E-state index contributed by atoms with van der Waals surface area (Å²) >= 11 is -5.18. The summed E-state index contributed by atoms with van der Waals surface area (Å²) in [5.41, 5.74) is 0.102. The number of phenols is 1. The van der Waals surface area contributed by atoms with Gasteiger partial charge in [0.25, 0.3) is 0 Å². The van der Waals surface area contributed by atoms with Crippen molar-refractivity contribution in [3.63, 3.8) is 0 Å². The molecule has 0 spiro atoms. The fourth-order valence-electron chi connectivity index (χ4n) is 1.78. The molecule has 0 heterocycles. The van der Waals surface area contributed by atoms with Crippen molar-refractivity contribution in [3.05, 3.63) is 54.1 Å². The Balaban J connectivity index is 2.27. The molecule has 1 amide bonds. The summed E-state index contributed by atoms with van der Waals surface area (Å²) in [7, 11) is 0. The summed E-state index contributed by atoms with van der Waals surface area (Å²) in [6, 6.07) is 11.2. The molecule has 8 heteroatoms. The van der Waals surface area contributed by atoms with Crippen LogP contribution in [0.1, 0.15) is 17.3 Å². The number of carbonyl (C=O) groups is 2. The molecule has 120 valence electrons. The zero-order valence-electron chi connectivity index (χ0n) is 12.1. The normalized spacial score (nSPS) is 13.0. The molecular weight excluding hydrogens is 365 g/mol. The molecule has 0 radical (unpaired) electrons. The van der Waals surface area contributed by atoms with Gasteiger partial charge in [-0.2, -0.15) is 0 Å². The van der Waals surface area contributed by atoms with Crippen molar-refractivity contribution in [1.29, 1.82) is 0 Å². The van der Waals surface area contributed by atoms with Crippen LogP contribution in [0.4, 0.5) is 5.69 Å². The Kier molecular flexibility index (Phi) is 4.93. The molecule has 0 saturated carbocycles. The molecule has 1 atom stereocenters. The van der Waals surface area contributed by atoms with Crippen LogP contribution in [0.3, 0.4) is 0 Å². The van der Waals surface area contributed by atoms with Crippen LogP contribution in [0, 0.1) is 0 Å². The Morgan fingerprint density at radius 2 is 1.78 bits per heavy atom. The molecule has 2 rings (SSSR count). The number of rotatable bonds is 4. The average molecular weight is 379 g/mol. The van der Waals surface area contributed by atoms with Gasteiger partial charge < -0.3 is 0 Å². The zero-order chi connectivity index (χ0) is 17.0. The molecule has 7 nitrogen and oxygen atoms in total. The number of nitrogens with one attached hydrogen (secondary N) is 1. The van der Waals surface area contributed by atoms with Gasteiger partial charge in [0.2, 0.25) is 0 Å². The van der Waals surface area contributed by atoms with Crippen LogP contribution >= 0.6 is 0 Å². The first-order valence-electron chi connectivity index (χ1n) is 6.52. The third kappa shape index (κ3) is 4.25. The predicted octanol–water partition coefficient (Wildman–Crippen LogP) is 0.776. The second-order valence-corrected chi connectivity index (χ2v) is 8.30. The fraction of sp³-hybridized carbons (Fsp3) is 0.0667. The van der Waals surface area contributed by atoms with E-state index in [1.165, 1.54) is 25.1 Å². The van der Waals surface area contributed by atoms with Gasteiger partial charge >= 0.3 is 134 Å².